The Labute approximate surface area is 235 Å². The molecule has 4 aromatic rings. The quantitative estimate of drug-likeness (QED) is 0.365. The molecule has 2 aliphatic heterocycles. The molecule has 2 aliphatic rings. The molecule has 0 unspecified atom stereocenters. The molecule has 6 rings (SSSR count). The fourth-order valence-electron chi connectivity index (χ4n) is 5.47. The van der Waals surface area contributed by atoms with Crippen LogP contribution in [0.4, 0.5) is 23.1 Å². The summed E-state index contributed by atoms with van der Waals surface area (Å²) in [6.07, 6.45) is 1.83. The number of pyridine rings is 1. The van der Waals surface area contributed by atoms with Gasteiger partial charge < -0.3 is 20.0 Å². The molecule has 2 saturated heterocycles. The van der Waals surface area contributed by atoms with Gasteiger partial charge in [0.2, 0.25) is 5.95 Å². The standard InChI is InChI=1S/C30H35ClN8/c1-23-21-29(35-30(34-23)39-19-17-37(18-20-39)25-5-3-2-4-6-25)38-15-13-36(14-16-38)12-11-33-27-9-10-32-28-22-24(31)7-8-26(27)28/h2-10,21-22H,11-20H2,1H3,(H,32,33). The van der Waals surface area contributed by atoms with Crippen LogP contribution in [0.2, 0.25) is 5.02 Å². The summed E-state index contributed by atoms with van der Waals surface area (Å²) in [5.41, 5.74) is 4.33. The molecule has 0 bridgehead atoms. The van der Waals surface area contributed by atoms with E-state index >= 15 is 0 Å². The van der Waals surface area contributed by atoms with Crippen LogP contribution >= 0.6 is 11.6 Å². The first-order chi connectivity index (χ1) is 19.1. The van der Waals surface area contributed by atoms with Crippen LogP contribution in [0.1, 0.15) is 5.69 Å². The maximum absolute atomic E-state index is 6.13. The zero-order valence-electron chi connectivity index (χ0n) is 22.4. The highest BCUT2D eigenvalue weighted by Gasteiger charge is 2.23. The third-order valence-electron chi connectivity index (χ3n) is 7.66. The lowest BCUT2D eigenvalue weighted by molar-refractivity contribution is 0.266. The van der Waals surface area contributed by atoms with Crippen molar-refractivity contribution >= 4 is 45.6 Å². The van der Waals surface area contributed by atoms with Gasteiger partial charge in [-0.05, 0) is 43.3 Å². The van der Waals surface area contributed by atoms with Crippen LogP contribution in [0.25, 0.3) is 10.9 Å². The molecule has 2 aromatic carbocycles. The molecule has 39 heavy (non-hydrogen) atoms. The average Bonchev–Trinajstić information content (AvgIpc) is 2.98. The van der Waals surface area contributed by atoms with Crippen LogP contribution in [0.15, 0.2) is 66.9 Å². The van der Waals surface area contributed by atoms with Crippen molar-refractivity contribution in [3.63, 3.8) is 0 Å². The van der Waals surface area contributed by atoms with Crippen molar-refractivity contribution in [2.24, 2.45) is 0 Å². The van der Waals surface area contributed by atoms with Gasteiger partial charge in [-0.1, -0.05) is 29.8 Å². The van der Waals surface area contributed by atoms with Crippen molar-refractivity contribution in [2.75, 3.05) is 85.5 Å². The molecule has 0 amide bonds. The van der Waals surface area contributed by atoms with E-state index in [0.29, 0.717) is 5.02 Å². The Morgan fingerprint density at radius 1 is 0.795 bits per heavy atom. The summed E-state index contributed by atoms with van der Waals surface area (Å²) in [5, 5.41) is 5.40. The molecule has 9 heteroatoms. The molecule has 4 heterocycles. The zero-order chi connectivity index (χ0) is 26.6. The maximum Gasteiger partial charge on any atom is 0.227 e. The van der Waals surface area contributed by atoms with Crippen molar-refractivity contribution in [3.8, 4) is 0 Å². The number of anilines is 4. The summed E-state index contributed by atoms with van der Waals surface area (Å²) < 4.78 is 0. The normalized spacial score (nSPS) is 16.6. The summed E-state index contributed by atoms with van der Waals surface area (Å²) in [6.45, 7) is 11.7. The van der Waals surface area contributed by atoms with Crippen molar-refractivity contribution in [3.05, 3.63) is 77.6 Å². The topological polar surface area (TPSA) is 63.7 Å². The number of benzene rings is 2. The minimum Gasteiger partial charge on any atom is -0.383 e. The van der Waals surface area contributed by atoms with Crippen molar-refractivity contribution in [2.45, 2.75) is 6.92 Å². The highest BCUT2D eigenvalue weighted by atomic mass is 35.5. The van der Waals surface area contributed by atoms with Gasteiger partial charge in [-0.3, -0.25) is 9.88 Å². The lowest BCUT2D eigenvalue weighted by Crippen LogP contribution is -2.48. The molecule has 202 valence electrons. The summed E-state index contributed by atoms with van der Waals surface area (Å²) in [6, 6.07) is 20.7. The SMILES string of the molecule is Cc1cc(N2CCN(CCNc3ccnc4cc(Cl)ccc34)CC2)nc(N2CCN(c3ccccc3)CC2)n1. The van der Waals surface area contributed by atoms with E-state index in [1.54, 1.807) is 0 Å². The number of hydrogen-bond acceptors (Lipinski definition) is 8. The summed E-state index contributed by atoms with van der Waals surface area (Å²) in [7, 11) is 0. The number of fused-ring (bicyclic) bond motifs is 1. The Morgan fingerprint density at radius 3 is 2.33 bits per heavy atom. The molecule has 0 aliphatic carbocycles. The van der Waals surface area contributed by atoms with E-state index in [4.69, 9.17) is 21.6 Å². The van der Waals surface area contributed by atoms with Gasteiger partial charge in [0.05, 0.1) is 5.52 Å². The third-order valence-corrected chi connectivity index (χ3v) is 7.89. The smallest absolute Gasteiger partial charge is 0.227 e. The van der Waals surface area contributed by atoms with E-state index in [0.717, 1.165) is 99.5 Å². The number of piperazine rings is 2. The molecule has 0 saturated carbocycles. The van der Waals surface area contributed by atoms with Gasteiger partial charge in [0.1, 0.15) is 5.82 Å². The van der Waals surface area contributed by atoms with Gasteiger partial charge in [-0.2, -0.15) is 4.98 Å². The average molecular weight is 543 g/mol. The van der Waals surface area contributed by atoms with Crippen molar-refractivity contribution < 1.29 is 0 Å². The first-order valence-corrected chi connectivity index (χ1v) is 14.2. The minimum atomic E-state index is 0.710. The Bertz CT molecular complexity index is 1400. The highest BCUT2D eigenvalue weighted by Crippen LogP contribution is 2.25. The number of nitrogens with zero attached hydrogens (tertiary/aromatic N) is 7. The predicted molar refractivity (Wildman–Crippen MR) is 162 cm³/mol. The van der Waals surface area contributed by atoms with E-state index in [1.165, 1.54) is 5.69 Å². The fraction of sp³-hybridized carbons (Fsp3) is 0.367. The molecule has 2 aromatic heterocycles. The summed E-state index contributed by atoms with van der Waals surface area (Å²) >= 11 is 6.13. The molecule has 0 spiro atoms. The van der Waals surface area contributed by atoms with E-state index in [-0.39, 0.29) is 0 Å². The number of para-hydroxylation sites is 1. The fourth-order valence-corrected chi connectivity index (χ4v) is 5.63. The Morgan fingerprint density at radius 2 is 1.54 bits per heavy atom. The lowest BCUT2D eigenvalue weighted by Gasteiger charge is -2.37. The minimum absolute atomic E-state index is 0.710. The van der Waals surface area contributed by atoms with Crippen molar-refractivity contribution in [1.82, 2.24) is 19.9 Å². The maximum atomic E-state index is 6.13. The highest BCUT2D eigenvalue weighted by molar-refractivity contribution is 6.31. The Balaban J connectivity index is 1.01. The first-order valence-electron chi connectivity index (χ1n) is 13.8. The summed E-state index contributed by atoms with van der Waals surface area (Å²) in [5.74, 6) is 1.90. The van der Waals surface area contributed by atoms with Gasteiger partial charge in [-0.15, -0.1) is 0 Å². The molecule has 1 N–H and O–H groups in total. The van der Waals surface area contributed by atoms with Gasteiger partial charge >= 0.3 is 0 Å². The molecule has 0 radical (unpaired) electrons. The van der Waals surface area contributed by atoms with Gasteiger partial charge in [0.25, 0.3) is 0 Å². The van der Waals surface area contributed by atoms with Crippen LogP contribution in [0.5, 0.6) is 0 Å². The number of hydrogen-bond donors (Lipinski definition) is 1. The van der Waals surface area contributed by atoms with E-state index < -0.39 is 0 Å². The van der Waals surface area contributed by atoms with Crippen LogP contribution in [0, 0.1) is 6.92 Å². The van der Waals surface area contributed by atoms with Crippen LogP contribution in [-0.2, 0) is 0 Å². The largest absolute Gasteiger partial charge is 0.383 e. The third kappa shape index (κ3) is 6.02. The number of rotatable bonds is 7. The lowest BCUT2D eigenvalue weighted by atomic mass is 10.2. The van der Waals surface area contributed by atoms with Gasteiger partial charge in [-0.25, -0.2) is 4.98 Å². The second-order valence-corrected chi connectivity index (χ2v) is 10.7. The predicted octanol–water partition coefficient (Wildman–Crippen LogP) is 4.55. The summed E-state index contributed by atoms with van der Waals surface area (Å²) in [4.78, 5) is 23.9. The number of halogens is 1. The molecular formula is C30H35ClN8. The number of aryl methyl sites for hydroxylation is 1. The number of aromatic nitrogens is 3. The monoisotopic (exact) mass is 542 g/mol. The van der Waals surface area contributed by atoms with E-state index in [2.05, 4.69) is 73.2 Å². The number of nitrogens with one attached hydrogen (secondary N) is 1. The second kappa shape index (κ2) is 11.6. The molecular weight excluding hydrogens is 508 g/mol. The van der Waals surface area contributed by atoms with Crippen LogP contribution in [-0.4, -0.2) is 85.3 Å². The second-order valence-electron chi connectivity index (χ2n) is 10.3. The van der Waals surface area contributed by atoms with Crippen LogP contribution in [0.3, 0.4) is 0 Å². The van der Waals surface area contributed by atoms with Gasteiger partial charge in [0.15, 0.2) is 0 Å². The van der Waals surface area contributed by atoms with Crippen molar-refractivity contribution in [1.29, 1.82) is 0 Å². The Kier molecular flexibility index (Phi) is 7.65. The van der Waals surface area contributed by atoms with Gasteiger partial charge in [0, 0.05) is 105 Å². The van der Waals surface area contributed by atoms with E-state index in [9.17, 15) is 0 Å². The molecule has 8 nitrogen and oxygen atoms in total. The first kappa shape index (κ1) is 25.6. The van der Waals surface area contributed by atoms with E-state index in [1.807, 2.05) is 30.5 Å². The zero-order valence-corrected chi connectivity index (χ0v) is 23.2. The Hall–Kier alpha value is -3.62. The molecule has 0 atom stereocenters. The van der Waals surface area contributed by atoms with Crippen LogP contribution < -0.4 is 20.0 Å². The molecule has 2 fully saturated rings.